The number of nitrogens with two attached hydrogens (primary N) is 1. The number of aryl methyl sites for hydroxylation is 1. The van der Waals surface area contributed by atoms with E-state index >= 15 is 0 Å². The van der Waals surface area contributed by atoms with E-state index < -0.39 is 0 Å². The van der Waals surface area contributed by atoms with Crippen LogP contribution in [0, 0.1) is 6.92 Å². The molecular formula is C15H20N2OS. The van der Waals surface area contributed by atoms with Gasteiger partial charge in [-0.15, -0.1) is 11.3 Å². The molecular weight excluding hydrogens is 256 g/mol. The number of para-hydroxylation sites is 1. The van der Waals surface area contributed by atoms with Crippen LogP contribution >= 0.6 is 11.3 Å². The van der Waals surface area contributed by atoms with Gasteiger partial charge in [-0.2, -0.15) is 0 Å². The summed E-state index contributed by atoms with van der Waals surface area (Å²) in [4.78, 5) is 5.99. The highest BCUT2D eigenvalue weighted by atomic mass is 32.1. The molecule has 0 fully saturated rings. The molecule has 0 aliphatic heterocycles. The number of rotatable bonds is 5. The number of aromatic nitrogens is 1. The zero-order valence-corrected chi connectivity index (χ0v) is 12.5. The Balaban J connectivity index is 2.49. The lowest BCUT2D eigenvalue weighted by molar-refractivity contribution is 0.416. The van der Waals surface area contributed by atoms with Crippen LogP contribution in [0.4, 0.5) is 0 Å². The van der Waals surface area contributed by atoms with Gasteiger partial charge in [-0.3, -0.25) is 0 Å². The fourth-order valence-electron chi connectivity index (χ4n) is 2.19. The summed E-state index contributed by atoms with van der Waals surface area (Å²) in [6, 6.07) is 8.03. The summed E-state index contributed by atoms with van der Waals surface area (Å²) in [5, 5.41) is 1.08. The van der Waals surface area contributed by atoms with Crippen molar-refractivity contribution in [1.82, 2.24) is 4.98 Å². The second kappa shape index (κ2) is 6.17. The van der Waals surface area contributed by atoms with E-state index in [0.29, 0.717) is 12.5 Å². The van der Waals surface area contributed by atoms with Crippen molar-refractivity contribution in [3.63, 3.8) is 0 Å². The molecule has 0 spiro atoms. The summed E-state index contributed by atoms with van der Waals surface area (Å²) >= 11 is 1.75. The van der Waals surface area contributed by atoms with E-state index in [2.05, 4.69) is 13.0 Å². The highest BCUT2D eigenvalue weighted by molar-refractivity contribution is 7.12. The van der Waals surface area contributed by atoms with Gasteiger partial charge in [0, 0.05) is 10.4 Å². The van der Waals surface area contributed by atoms with E-state index in [1.807, 2.05) is 25.1 Å². The molecule has 0 aliphatic carbocycles. The van der Waals surface area contributed by atoms with Crippen molar-refractivity contribution in [1.29, 1.82) is 0 Å². The van der Waals surface area contributed by atoms with Gasteiger partial charge in [-0.05, 0) is 37.9 Å². The first kappa shape index (κ1) is 14.0. The summed E-state index contributed by atoms with van der Waals surface area (Å²) in [5.41, 5.74) is 7.78. The van der Waals surface area contributed by atoms with Gasteiger partial charge in [0.15, 0.2) is 0 Å². The molecule has 1 heterocycles. The van der Waals surface area contributed by atoms with E-state index in [0.717, 1.165) is 28.4 Å². The lowest BCUT2D eigenvalue weighted by Gasteiger charge is -2.12. The fraction of sp³-hybridized carbons (Fsp3) is 0.400. The maximum absolute atomic E-state index is 5.68. The summed E-state index contributed by atoms with van der Waals surface area (Å²) in [6.07, 6.45) is 0.976. The van der Waals surface area contributed by atoms with Gasteiger partial charge >= 0.3 is 0 Å². The molecule has 0 bridgehead atoms. The molecule has 1 unspecified atom stereocenters. The van der Waals surface area contributed by atoms with Crippen LogP contribution in [0.3, 0.4) is 0 Å². The number of thiazole rings is 1. The van der Waals surface area contributed by atoms with Crippen LogP contribution in [0.15, 0.2) is 24.3 Å². The van der Waals surface area contributed by atoms with Crippen molar-refractivity contribution in [3.05, 3.63) is 34.2 Å². The fourth-order valence-corrected chi connectivity index (χ4v) is 3.22. The third-order valence-electron chi connectivity index (χ3n) is 3.17. The normalized spacial score (nSPS) is 12.4. The molecule has 102 valence electrons. The van der Waals surface area contributed by atoms with Crippen molar-refractivity contribution in [2.45, 2.75) is 26.2 Å². The first-order valence-electron chi connectivity index (χ1n) is 6.48. The predicted octanol–water partition coefficient (Wildman–Crippen LogP) is 3.58. The van der Waals surface area contributed by atoms with E-state index in [1.54, 1.807) is 18.4 Å². The highest BCUT2D eigenvalue weighted by Crippen LogP contribution is 2.38. The molecule has 0 amide bonds. The van der Waals surface area contributed by atoms with Crippen LogP contribution in [0.1, 0.15) is 29.1 Å². The Morgan fingerprint density at radius 2 is 2.11 bits per heavy atom. The summed E-state index contributed by atoms with van der Waals surface area (Å²) in [6.45, 7) is 4.95. The third kappa shape index (κ3) is 2.96. The first-order chi connectivity index (χ1) is 9.17. The van der Waals surface area contributed by atoms with Crippen LogP contribution in [-0.4, -0.2) is 18.6 Å². The Morgan fingerprint density at radius 3 is 2.79 bits per heavy atom. The van der Waals surface area contributed by atoms with Gasteiger partial charge in [0.05, 0.1) is 17.8 Å². The average Bonchev–Trinajstić information content (AvgIpc) is 2.81. The number of hydrogen-bond acceptors (Lipinski definition) is 4. The maximum atomic E-state index is 5.68. The average molecular weight is 276 g/mol. The molecule has 2 N–H and O–H groups in total. The van der Waals surface area contributed by atoms with Gasteiger partial charge in [-0.1, -0.05) is 19.1 Å². The van der Waals surface area contributed by atoms with Crippen LogP contribution in [0.5, 0.6) is 5.75 Å². The molecule has 2 rings (SSSR count). The molecule has 0 saturated carbocycles. The molecule has 1 atom stereocenters. The molecule has 1 aromatic carbocycles. The molecule has 4 heteroatoms. The quantitative estimate of drug-likeness (QED) is 0.908. The molecule has 0 aliphatic rings. The minimum atomic E-state index is 0.427. The number of methoxy groups -OCH3 is 1. The molecule has 0 radical (unpaired) electrons. The molecule has 2 aromatic rings. The standard InChI is InChI=1S/C15H20N2OS/c1-10(8-9-16)15-14(17-11(2)19-15)12-6-4-5-7-13(12)18-3/h4-7,10H,8-9,16H2,1-3H3. The lowest BCUT2D eigenvalue weighted by atomic mass is 10.0. The van der Waals surface area contributed by atoms with Gasteiger partial charge in [0.2, 0.25) is 0 Å². The van der Waals surface area contributed by atoms with E-state index in [4.69, 9.17) is 15.5 Å². The van der Waals surface area contributed by atoms with Gasteiger partial charge in [-0.25, -0.2) is 4.98 Å². The summed E-state index contributed by atoms with van der Waals surface area (Å²) in [5.74, 6) is 1.30. The Kier molecular flexibility index (Phi) is 4.56. The monoisotopic (exact) mass is 276 g/mol. The Labute approximate surface area is 118 Å². The minimum absolute atomic E-state index is 0.427. The van der Waals surface area contributed by atoms with Gasteiger partial charge < -0.3 is 10.5 Å². The topological polar surface area (TPSA) is 48.1 Å². The number of hydrogen-bond donors (Lipinski definition) is 1. The van der Waals surface area contributed by atoms with E-state index in [9.17, 15) is 0 Å². The second-order valence-electron chi connectivity index (χ2n) is 4.62. The lowest BCUT2D eigenvalue weighted by Crippen LogP contribution is -2.04. The van der Waals surface area contributed by atoms with Crippen LogP contribution in [0.2, 0.25) is 0 Å². The summed E-state index contributed by atoms with van der Waals surface area (Å²) in [7, 11) is 1.70. The molecule has 0 saturated heterocycles. The zero-order valence-electron chi connectivity index (χ0n) is 11.6. The number of nitrogens with zero attached hydrogens (tertiary/aromatic N) is 1. The van der Waals surface area contributed by atoms with Crippen molar-refractivity contribution < 1.29 is 4.74 Å². The Bertz CT molecular complexity index is 551. The van der Waals surface area contributed by atoms with E-state index in [1.165, 1.54) is 4.88 Å². The highest BCUT2D eigenvalue weighted by Gasteiger charge is 2.19. The van der Waals surface area contributed by atoms with Crippen LogP contribution in [0.25, 0.3) is 11.3 Å². The minimum Gasteiger partial charge on any atom is -0.496 e. The zero-order chi connectivity index (χ0) is 13.8. The maximum Gasteiger partial charge on any atom is 0.128 e. The first-order valence-corrected chi connectivity index (χ1v) is 7.29. The Hall–Kier alpha value is -1.39. The van der Waals surface area contributed by atoms with Gasteiger partial charge in [0.25, 0.3) is 0 Å². The predicted molar refractivity (Wildman–Crippen MR) is 80.9 cm³/mol. The third-order valence-corrected chi connectivity index (χ3v) is 4.37. The number of benzene rings is 1. The Morgan fingerprint density at radius 1 is 1.37 bits per heavy atom. The van der Waals surface area contributed by atoms with Crippen LogP contribution in [-0.2, 0) is 0 Å². The molecule has 1 aromatic heterocycles. The van der Waals surface area contributed by atoms with Crippen LogP contribution < -0.4 is 10.5 Å². The molecule has 3 nitrogen and oxygen atoms in total. The molecule has 19 heavy (non-hydrogen) atoms. The van der Waals surface area contributed by atoms with Gasteiger partial charge in [0.1, 0.15) is 5.75 Å². The second-order valence-corrected chi connectivity index (χ2v) is 5.86. The summed E-state index contributed by atoms with van der Waals surface area (Å²) < 4.78 is 5.44. The van der Waals surface area contributed by atoms with Crippen molar-refractivity contribution in [2.75, 3.05) is 13.7 Å². The van der Waals surface area contributed by atoms with Crippen molar-refractivity contribution in [2.24, 2.45) is 5.73 Å². The largest absolute Gasteiger partial charge is 0.496 e. The van der Waals surface area contributed by atoms with Crippen molar-refractivity contribution in [3.8, 4) is 17.0 Å². The smallest absolute Gasteiger partial charge is 0.128 e. The van der Waals surface area contributed by atoms with E-state index in [-0.39, 0.29) is 0 Å². The SMILES string of the molecule is COc1ccccc1-c1nc(C)sc1C(C)CCN. The van der Waals surface area contributed by atoms with Crippen molar-refractivity contribution >= 4 is 11.3 Å². The number of ether oxygens (including phenoxy) is 1.